The number of hydrogen-bond acceptors (Lipinski definition) is 3. The first-order chi connectivity index (χ1) is 7.15. The van der Waals surface area contributed by atoms with Crippen molar-refractivity contribution < 1.29 is 0 Å². The fraction of sp³-hybridized carbons (Fsp3) is 0.364. The molecule has 0 bridgehead atoms. The topological polar surface area (TPSA) is 29.9 Å². The van der Waals surface area contributed by atoms with Gasteiger partial charge in [-0.15, -0.1) is 0 Å². The van der Waals surface area contributed by atoms with Crippen LogP contribution in [0.15, 0.2) is 12.1 Å². The zero-order chi connectivity index (χ0) is 11.0. The van der Waals surface area contributed by atoms with Gasteiger partial charge in [-0.1, -0.05) is 24.1 Å². The molecular weight excluding hydrogens is 206 g/mol. The van der Waals surface area contributed by atoms with Crippen LogP contribution < -0.4 is 4.72 Å². The summed E-state index contributed by atoms with van der Waals surface area (Å²) in [7, 11) is 1.99. The maximum absolute atomic E-state index is 4.49. The fourth-order valence-electron chi connectivity index (χ4n) is 1.93. The molecule has 0 aliphatic rings. The summed E-state index contributed by atoms with van der Waals surface area (Å²) in [4.78, 5) is 0. The first kappa shape index (κ1) is 10.4. The number of hydrogen-bond donors (Lipinski definition) is 1. The van der Waals surface area contributed by atoms with Gasteiger partial charge in [0.25, 0.3) is 0 Å². The van der Waals surface area contributed by atoms with E-state index in [0.29, 0.717) is 0 Å². The van der Waals surface area contributed by atoms with E-state index in [1.165, 1.54) is 22.0 Å². The minimum atomic E-state index is 0.959. The molecule has 2 rings (SSSR count). The third-order valence-corrected chi connectivity index (χ3v) is 2.99. The molecule has 1 aromatic carbocycles. The average Bonchev–Trinajstić information content (AvgIpc) is 2.51. The second-order valence-electron chi connectivity index (χ2n) is 3.70. The Morgan fingerprint density at radius 1 is 1.27 bits per heavy atom. The van der Waals surface area contributed by atoms with Crippen LogP contribution in [-0.2, 0) is 7.05 Å². The van der Waals surface area contributed by atoms with Crippen molar-refractivity contribution in [2.45, 2.75) is 13.8 Å². The van der Waals surface area contributed by atoms with Crippen LogP contribution in [0.5, 0.6) is 0 Å². The first-order valence-corrected chi connectivity index (χ1v) is 6.09. The van der Waals surface area contributed by atoms with Gasteiger partial charge in [0.2, 0.25) is 0 Å². The van der Waals surface area contributed by atoms with Crippen molar-refractivity contribution in [3.05, 3.63) is 23.3 Å². The predicted molar refractivity (Wildman–Crippen MR) is 67.3 cm³/mol. The molecule has 0 atom stereocenters. The normalized spacial score (nSPS) is 10.9. The van der Waals surface area contributed by atoms with E-state index in [2.05, 4.69) is 35.8 Å². The predicted octanol–water partition coefficient (Wildman–Crippen LogP) is 2.88. The molecule has 0 spiro atoms. The number of benzene rings is 1. The number of aryl methyl sites for hydroxylation is 3. The third-order valence-electron chi connectivity index (χ3n) is 2.60. The van der Waals surface area contributed by atoms with Gasteiger partial charge in [-0.25, -0.2) is 0 Å². The van der Waals surface area contributed by atoms with Crippen molar-refractivity contribution >= 4 is 28.7 Å². The molecule has 1 aromatic heterocycles. The molecule has 1 N–H and O–H groups in total. The van der Waals surface area contributed by atoms with Crippen LogP contribution in [0.25, 0.3) is 10.9 Å². The van der Waals surface area contributed by atoms with Crippen LogP contribution in [0.4, 0.5) is 5.82 Å². The smallest absolute Gasteiger partial charge is 0.166 e. The van der Waals surface area contributed by atoms with Crippen molar-refractivity contribution in [3.8, 4) is 0 Å². The van der Waals surface area contributed by atoms with Gasteiger partial charge in [0.1, 0.15) is 0 Å². The standard InChI is InChI=1S/C11H15N3S/c1-7-5-6-8(2)10-9(7)11(13-15-4)12-14(10)3/h5-6H,1-4H3,(H,12,13). The van der Waals surface area contributed by atoms with Crippen molar-refractivity contribution in [2.75, 3.05) is 11.0 Å². The average molecular weight is 221 g/mol. The molecule has 3 nitrogen and oxygen atoms in total. The number of rotatable bonds is 2. The summed E-state index contributed by atoms with van der Waals surface area (Å²) in [5.41, 5.74) is 3.74. The molecule has 0 saturated heterocycles. The van der Waals surface area contributed by atoms with Crippen molar-refractivity contribution in [2.24, 2.45) is 7.05 Å². The lowest BCUT2D eigenvalue weighted by Crippen LogP contribution is -1.92. The zero-order valence-electron chi connectivity index (χ0n) is 9.46. The zero-order valence-corrected chi connectivity index (χ0v) is 10.3. The summed E-state index contributed by atoms with van der Waals surface area (Å²) in [6.45, 7) is 4.24. The monoisotopic (exact) mass is 221 g/mol. The van der Waals surface area contributed by atoms with Gasteiger partial charge >= 0.3 is 0 Å². The molecule has 0 amide bonds. The SMILES string of the molecule is CSNc1nn(C)c2c(C)ccc(C)c12. The Bertz CT molecular complexity index is 502. The van der Waals surface area contributed by atoms with Gasteiger partial charge in [0.15, 0.2) is 5.82 Å². The van der Waals surface area contributed by atoms with E-state index >= 15 is 0 Å². The Hall–Kier alpha value is -1.16. The molecule has 0 unspecified atom stereocenters. The molecular formula is C11H15N3S. The van der Waals surface area contributed by atoms with E-state index < -0.39 is 0 Å². The molecule has 0 aliphatic heterocycles. The maximum atomic E-state index is 4.49. The number of nitrogens with zero attached hydrogens (tertiary/aromatic N) is 2. The highest BCUT2D eigenvalue weighted by Crippen LogP contribution is 2.29. The Morgan fingerprint density at radius 3 is 2.60 bits per heavy atom. The molecule has 1 heterocycles. The quantitative estimate of drug-likeness (QED) is 0.791. The Morgan fingerprint density at radius 2 is 1.93 bits per heavy atom. The van der Waals surface area contributed by atoms with Gasteiger partial charge < -0.3 is 4.72 Å². The van der Waals surface area contributed by atoms with Crippen LogP contribution in [0.2, 0.25) is 0 Å². The number of aromatic nitrogens is 2. The van der Waals surface area contributed by atoms with E-state index in [1.54, 1.807) is 11.9 Å². The number of fused-ring (bicyclic) bond motifs is 1. The summed E-state index contributed by atoms with van der Waals surface area (Å²) in [5.74, 6) is 0.959. The van der Waals surface area contributed by atoms with Gasteiger partial charge in [-0.05, 0) is 25.0 Å². The summed E-state index contributed by atoms with van der Waals surface area (Å²) in [6.07, 6.45) is 2.01. The maximum Gasteiger partial charge on any atom is 0.166 e. The van der Waals surface area contributed by atoms with E-state index in [1.807, 2.05) is 18.0 Å². The largest absolute Gasteiger partial charge is 0.313 e. The molecule has 80 valence electrons. The van der Waals surface area contributed by atoms with E-state index in [-0.39, 0.29) is 0 Å². The van der Waals surface area contributed by atoms with Crippen LogP contribution in [0.1, 0.15) is 11.1 Å². The van der Waals surface area contributed by atoms with Gasteiger partial charge in [-0.3, -0.25) is 4.68 Å². The highest BCUT2D eigenvalue weighted by molar-refractivity contribution is 7.99. The van der Waals surface area contributed by atoms with Gasteiger partial charge in [-0.2, -0.15) is 5.10 Å². The number of anilines is 1. The van der Waals surface area contributed by atoms with Crippen LogP contribution in [0.3, 0.4) is 0 Å². The molecule has 15 heavy (non-hydrogen) atoms. The second kappa shape index (κ2) is 3.77. The lowest BCUT2D eigenvalue weighted by Gasteiger charge is -2.02. The molecule has 2 aromatic rings. The van der Waals surface area contributed by atoms with Crippen molar-refractivity contribution in [1.29, 1.82) is 0 Å². The fourth-order valence-corrected chi connectivity index (χ4v) is 2.27. The van der Waals surface area contributed by atoms with Crippen LogP contribution in [0, 0.1) is 13.8 Å². The molecule has 0 fully saturated rings. The molecule has 0 aliphatic carbocycles. The summed E-state index contributed by atoms with van der Waals surface area (Å²) >= 11 is 1.57. The Labute approximate surface area is 94.0 Å². The van der Waals surface area contributed by atoms with Gasteiger partial charge in [0.05, 0.1) is 5.52 Å². The summed E-state index contributed by atoms with van der Waals surface area (Å²) in [5, 5.41) is 5.71. The lowest BCUT2D eigenvalue weighted by atomic mass is 10.1. The summed E-state index contributed by atoms with van der Waals surface area (Å²) < 4.78 is 5.16. The van der Waals surface area contributed by atoms with Crippen LogP contribution in [-0.4, -0.2) is 16.0 Å². The third kappa shape index (κ3) is 1.59. The highest BCUT2D eigenvalue weighted by atomic mass is 32.2. The first-order valence-electron chi connectivity index (χ1n) is 4.87. The lowest BCUT2D eigenvalue weighted by molar-refractivity contribution is 0.800. The second-order valence-corrected chi connectivity index (χ2v) is 4.31. The molecule has 0 radical (unpaired) electrons. The van der Waals surface area contributed by atoms with E-state index in [9.17, 15) is 0 Å². The van der Waals surface area contributed by atoms with Crippen LogP contribution >= 0.6 is 11.9 Å². The Balaban J connectivity index is 2.80. The van der Waals surface area contributed by atoms with Crippen molar-refractivity contribution in [3.63, 3.8) is 0 Å². The summed E-state index contributed by atoms with van der Waals surface area (Å²) in [6, 6.07) is 4.28. The van der Waals surface area contributed by atoms with Crippen molar-refractivity contribution in [1.82, 2.24) is 9.78 Å². The highest BCUT2D eigenvalue weighted by Gasteiger charge is 2.11. The van der Waals surface area contributed by atoms with E-state index in [0.717, 1.165) is 5.82 Å². The molecule has 4 heteroatoms. The minimum absolute atomic E-state index is 0.959. The Kier molecular flexibility index (Phi) is 2.61. The number of nitrogens with one attached hydrogen (secondary N) is 1. The minimum Gasteiger partial charge on any atom is -0.313 e. The van der Waals surface area contributed by atoms with E-state index in [4.69, 9.17) is 0 Å². The van der Waals surface area contributed by atoms with Gasteiger partial charge in [0, 0.05) is 18.7 Å². The molecule has 0 saturated carbocycles.